The van der Waals surface area contributed by atoms with Gasteiger partial charge < -0.3 is 10.6 Å². The molecule has 0 bridgehead atoms. The third-order valence-electron chi connectivity index (χ3n) is 3.39. The van der Waals surface area contributed by atoms with Crippen LogP contribution in [0.2, 0.25) is 5.02 Å². The zero-order valence-electron chi connectivity index (χ0n) is 13.1. The number of anilines is 1. The predicted octanol–water partition coefficient (Wildman–Crippen LogP) is 3.72. The van der Waals surface area contributed by atoms with Crippen LogP contribution < -0.4 is 10.6 Å². The van der Waals surface area contributed by atoms with Crippen molar-refractivity contribution in [1.82, 2.24) is 5.32 Å². The Morgan fingerprint density at radius 1 is 1.04 bits per heavy atom. The fourth-order valence-electron chi connectivity index (χ4n) is 2.22. The Bertz CT molecular complexity index is 681. The molecule has 2 amide bonds. The second-order valence-electron chi connectivity index (χ2n) is 5.40. The quantitative estimate of drug-likeness (QED) is 0.877. The molecule has 0 saturated carbocycles. The van der Waals surface area contributed by atoms with Crippen molar-refractivity contribution in [2.75, 3.05) is 5.32 Å². The number of carbonyl (C=O) groups is 2. The summed E-state index contributed by atoms with van der Waals surface area (Å²) in [7, 11) is 0. The van der Waals surface area contributed by atoms with E-state index in [0.717, 1.165) is 16.8 Å². The largest absolute Gasteiger partial charge is 0.349 e. The SMILES string of the molecule is CC(=O)Nc1ccc(CC(=O)N[C@@H](C)c2ccc(Cl)cc2)cc1. The molecule has 2 aromatic rings. The second-order valence-corrected chi connectivity index (χ2v) is 5.83. The first-order valence-corrected chi connectivity index (χ1v) is 7.73. The van der Waals surface area contributed by atoms with E-state index < -0.39 is 0 Å². The summed E-state index contributed by atoms with van der Waals surface area (Å²) in [6.07, 6.45) is 0.290. The third-order valence-corrected chi connectivity index (χ3v) is 3.64. The fraction of sp³-hybridized carbons (Fsp3) is 0.222. The maximum Gasteiger partial charge on any atom is 0.224 e. The highest BCUT2D eigenvalue weighted by molar-refractivity contribution is 6.30. The third kappa shape index (κ3) is 5.42. The number of rotatable bonds is 5. The summed E-state index contributed by atoms with van der Waals surface area (Å²) >= 11 is 5.86. The average Bonchev–Trinajstić information content (AvgIpc) is 2.49. The Labute approximate surface area is 140 Å². The van der Waals surface area contributed by atoms with Gasteiger partial charge in [0.05, 0.1) is 12.5 Å². The number of nitrogens with one attached hydrogen (secondary N) is 2. The number of amides is 2. The van der Waals surface area contributed by atoms with Crippen LogP contribution in [0.5, 0.6) is 0 Å². The lowest BCUT2D eigenvalue weighted by Crippen LogP contribution is -2.28. The van der Waals surface area contributed by atoms with E-state index in [1.54, 1.807) is 24.3 Å². The predicted molar refractivity (Wildman–Crippen MR) is 92.5 cm³/mol. The van der Waals surface area contributed by atoms with E-state index in [1.165, 1.54) is 6.92 Å². The number of benzene rings is 2. The van der Waals surface area contributed by atoms with E-state index in [-0.39, 0.29) is 24.3 Å². The molecule has 0 saturated heterocycles. The molecular formula is C18H19ClN2O2. The van der Waals surface area contributed by atoms with Crippen LogP contribution in [0.1, 0.15) is 31.0 Å². The lowest BCUT2D eigenvalue weighted by Gasteiger charge is -2.14. The van der Waals surface area contributed by atoms with Crippen molar-refractivity contribution in [3.05, 3.63) is 64.7 Å². The number of halogens is 1. The minimum Gasteiger partial charge on any atom is -0.349 e. The van der Waals surface area contributed by atoms with Crippen molar-refractivity contribution in [2.24, 2.45) is 0 Å². The second kappa shape index (κ2) is 7.79. The van der Waals surface area contributed by atoms with Gasteiger partial charge in [-0.1, -0.05) is 35.9 Å². The van der Waals surface area contributed by atoms with Crippen molar-refractivity contribution >= 4 is 29.1 Å². The Kier molecular flexibility index (Phi) is 5.77. The molecule has 23 heavy (non-hydrogen) atoms. The van der Waals surface area contributed by atoms with E-state index in [4.69, 9.17) is 11.6 Å². The highest BCUT2D eigenvalue weighted by Crippen LogP contribution is 2.16. The average molecular weight is 331 g/mol. The van der Waals surface area contributed by atoms with Crippen molar-refractivity contribution in [3.63, 3.8) is 0 Å². The van der Waals surface area contributed by atoms with Crippen LogP contribution in [0.15, 0.2) is 48.5 Å². The molecule has 0 unspecified atom stereocenters. The molecule has 4 nitrogen and oxygen atoms in total. The topological polar surface area (TPSA) is 58.2 Å². The molecule has 0 aliphatic rings. The summed E-state index contributed by atoms with van der Waals surface area (Å²) in [6, 6.07) is 14.6. The Morgan fingerprint density at radius 2 is 1.65 bits per heavy atom. The van der Waals surface area contributed by atoms with Crippen LogP contribution in [0.25, 0.3) is 0 Å². The van der Waals surface area contributed by atoms with E-state index in [9.17, 15) is 9.59 Å². The molecule has 1 atom stereocenters. The van der Waals surface area contributed by atoms with Gasteiger partial charge in [-0.2, -0.15) is 0 Å². The lowest BCUT2D eigenvalue weighted by atomic mass is 10.1. The number of carbonyl (C=O) groups excluding carboxylic acids is 2. The zero-order valence-corrected chi connectivity index (χ0v) is 13.9. The molecule has 0 fully saturated rings. The lowest BCUT2D eigenvalue weighted by molar-refractivity contribution is -0.121. The Hall–Kier alpha value is -2.33. The van der Waals surface area contributed by atoms with Gasteiger partial charge in [-0.25, -0.2) is 0 Å². The minimum absolute atomic E-state index is 0.0558. The molecule has 0 aliphatic heterocycles. The van der Waals surface area contributed by atoms with Gasteiger partial charge in [0.15, 0.2) is 0 Å². The molecule has 0 aromatic heterocycles. The summed E-state index contributed by atoms with van der Waals surface area (Å²) in [5.41, 5.74) is 2.61. The highest BCUT2D eigenvalue weighted by atomic mass is 35.5. The van der Waals surface area contributed by atoms with Gasteiger partial charge in [0.2, 0.25) is 11.8 Å². The molecule has 120 valence electrons. The van der Waals surface area contributed by atoms with E-state index in [2.05, 4.69) is 10.6 Å². The first kappa shape index (κ1) is 17.0. The molecule has 2 aromatic carbocycles. The van der Waals surface area contributed by atoms with Crippen molar-refractivity contribution in [2.45, 2.75) is 26.3 Å². The molecule has 0 spiro atoms. The van der Waals surface area contributed by atoms with Gasteiger partial charge in [0.1, 0.15) is 0 Å². The smallest absolute Gasteiger partial charge is 0.224 e. The minimum atomic E-state index is -0.118. The van der Waals surface area contributed by atoms with Gasteiger partial charge >= 0.3 is 0 Å². The molecule has 0 radical (unpaired) electrons. The van der Waals surface area contributed by atoms with E-state index >= 15 is 0 Å². The molecule has 2 N–H and O–H groups in total. The molecule has 0 aliphatic carbocycles. The Morgan fingerprint density at radius 3 is 2.22 bits per heavy atom. The standard InChI is InChI=1S/C18H19ClN2O2/c1-12(15-5-7-16(19)8-6-15)20-18(23)11-14-3-9-17(10-4-14)21-13(2)22/h3-10,12H,11H2,1-2H3,(H,20,23)(H,21,22)/t12-/m0/s1. The molecule has 0 heterocycles. The van der Waals surface area contributed by atoms with Gasteiger partial charge in [-0.3, -0.25) is 9.59 Å². The zero-order chi connectivity index (χ0) is 16.8. The fourth-order valence-corrected chi connectivity index (χ4v) is 2.35. The normalized spacial score (nSPS) is 11.6. The van der Waals surface area contributed by atoms with Crippen LogP contribution in [0.4, 0.5) is 5.69 Å². The van der Waals surface area contributed by atoms with Gasteiger partial charge in [-0.15, -0.1) is 0 Å². The van der Waals surface area contributed by atoms with Gasteiger partial charge in [0.25, 0.3) is 0 Å². The Balaban J connectivity index is 1.91. The maximum atomic E-state index is 12.1. The first-order valence-electron chi connectivity index (χ1n) is 7.35. The highest BCUT2D eigenvalue weighted by Gasteiger charge is 2.10. The van der Waals surface area contributed by atoms with Gasteiger partial charge in [-0.05, 0) is 42.3 Å². The summed E-state index contributed by atoms with van der Waals surface area (Å²) in [6.45, 7) is 3.39. The molecule has 2 rings (SSSR count). The molecule has 5 heteroatoms. The first-order chi connectivity index (χ1) is 10.9. The number of hydrogen-bond donors (Lipinski definition) is 2. The van der Waals surface area contributed by atoms with Crippen LogP contribution in [0, 0.1) is 0 Å². The van der Waals surface area contributed by atoms with E-state index in [1.807, 2.05) is 31.2 Å². The summed E-state index contributed by atoms with van der Waals surface area (Å²) in [5.74, 6) is -0.174. The van der Waals surface area contributed by atoms with E-state index in [0.29, 0.717) is 5.02 Å². The van der Waals surface area contributed by atoms with Crippen LogP contribution in [0.3, 0.4) is 0 Å². The molecular weight excluding hydrogens is 312 g/mol. The maximum absolute atomic E-state index is 12.1. The van der Waals surface area contributed by atoms with Gasteiger partial charge in [0, 0.05) is 17.6 Å². The number of hydrogen-bond acceptors (Lipinski definition) is 2. The van der Waals surface area contributed by atoms with Crippen molar-refractivity contribution in [1.29, 1.82) is 0 Å². The monoisotopic (exact) mass is 330 g/mol. The van der Waals surface area contributed by atoms with Crippen molar-refractivity contribution < 1.29 is 9.59 Å². The van der Waals surface area contributed by atoms with Crippen LogP contribution in [-0.2, 0) is 16.0 Å². The summed E-state index contributed by atoms with van der Waals surface area (Å²) in [4.78, 5) is 23.1. The van der Waals surface area contributed by atoms with Crippen molar-refractivity contribution in [3.8, 4) is 0 Å². The van der Waals surface area contributed by atoms with Crippen LogP contribution in [-0.4, -0.2) is 11.8 Å². The summed E-state index contributed by atoms with van der Waals surface area (Å²) in [5, 5.41) is 6.33. The summed E-state index contributed by atoms with van der Waals surface area (Å²) < 4.78 is 0. The van der Waals surface area contributed by atoms with Crippen LogP contribution >= 0.6 is 11.6 Å².